The Hall–Kier alpha value is -2.98. The third-order valence-electron chi connectivity index (χ3n) is 4.50. The zero-order chi connectivity index (χ0) is 20.5. The molecule has 9 nitrogen and oxygen atoms in total. The highest BCUT2D eigenvalue weighted by Crippen LogP contribution is 2.31. The number of nitro groups is 1. The molecule has 1 heterocycles. The molecule has 28 heavy (non-hydrogen) atoms. The summed E-state index contributed by atoms with van der Waals surface area (Å²) in [4.78, 5) is 15.4. The minimum atomic E-state index is -3.78. The highest BCUT2D eigenvalue weighted by atomic mass is 32.2. The smallest absolute Gasteiger partial charge is 0.293 e. The molecule has 2 aromatic carbocycles. The van der Waals surface area contributed by atoms with E-state index < -0.39 is 14.9 Å². The van der Waals surface area contributed by atoms with Crippen molar-refractivity contribution in [2.45, 2.75) is 31.3 Å². The van der Waals surface area contributed by atoms with Crippen molar-refractivity contribution in [1.82, 2.24) is 14.3 Å². The third-order valence-corrected chi connectivity index (χ3v) is 5.92. The van der Waals surface area contributed by atoms with E-state index in [0.717, 1.165) is 22.9 Å². The molecule has 1 aromatic heterocycles. The van der Waals surface area contributed by atoms with Crippen LogP contribution in [0, 0.1) is 10.1 Å². The van der Waals surface area contributed by atoms with Crippen molar-refractivity contribution in [3.8, 4) is 0 Å². The summed E-state index contributed by atoms with van der Waals surface area (Å²) >= 11 is 0. The second kappa shape index (κ2) is 7.56. The van der Waals surface area contributed by atoms with Gasteiger partial charge in [-0.25, -0.2) is 18.1 Å². The summed E-state index contributed by atoms with van der Waals surface area (Å²) in [6, 6.07) is 11.2. The first-order valence-corrected chi connectivity index (χ1v) is 10.2. The average molecular weight is 403 g/mol. The standard InChI is InChI=1S/C18H21N5O4S/c1-4-22-16-8-6-5-7-14(16)21-18(22)12(2)20-15-10-9-13(28(26,27)19-3)11-17(15)23(24)25/h5-12,19-20H,4H2,1-3H3. The van der Waals surface area contributed by atoms with Crippen molar-refractivity contribution in [2.75, 3.05) is 12.4 Å². The van der Waals surface area contributed by atoms with E-state index in [0.29, 0.717) is 6.54 Å². The predicted molar refractivity (Wildman–Crippen MR) is 107 cm³/mol. The predicted octanol–water partition coefficient (Wildman–Crippen LogP) is 3.05. The Bertz CT molecular complexity index is 1140. The van der Waals surface area contributed by atoms with Crippen LogP contribution in [-0.4, -0.2) is 29.9 Å². The van der Waals surface area contributed by atoms with Crippen LogP contribution in [0.2, 0.25) is 0 Å². The van der Waals surface area contributed by atoms with E-state index in [1.807, 2.05) is 42.7 Å². The van der Waals surface area contributed by atoms with Crippen molar-refractivity contribution >= 4 is 32.4 Å². The van der Waals surface area contributed by atoms with Crippen LogP contribution in [0.5, 0.6) is 0 Å². The molecule has 0 aliphatic heterocycles. The lowest BCUT2D eigenvalue weighted by atomic mass is 10.2. The lowest BCUT2D eigenvalue weighted by molar-refractivity contribution is -0.384. The van der Waals surface area contributed by atoms with Crippen LogP contribution in [0.3, 0.4) is 0 Å². The van der Waals surface area contributed by atoms with E-state index in [4.69, 9.17) is 0 Å². The zero-order valence-corrected chi connectivity index (χ0v) is 16.5. The van der Waals surface area contributed by atoms with Gasteiger partial charge in [0.05, 0.1) is 26.9 Å². The second-order valence-corrected chi connectivity index (χ2v) is 8.10. The maximum Gasteiger partial charge on any atom is 0.293 e. The van der Waals surface area contributed by atoms with E-state index >= 15 is 0 Å². The summed E-state index contributed by atoms with van der Waals surface area (Å²) in [6.07, 6.45) is 0. The fourth-order valence-corrected chi connectivity index (χ4v) is 3.87. The number of anilines is 1. The van der Waals surface area contributed by atoms with E-state index in [-0.39, 0.29) is 22.3 Å². The molecular weight excluding hydrogens is 382 g/mol. The van der Waals surface area contributed by atoms with Crippen LogP contribution in [0.1, 0.15) is 25.7 Å². The van der Waals surface area contributed by atoms with E-state index in [9.17, 15) is 18.5 Å². The molecule has 10 heteroatoms. The lowest BCUT2D eigenvalue weighted by Crippen LogP contribution is -2.19. The monoisotopic (exact) mass is 403 g/mol. The highest BCUT2D eigenvalue weighted by Gasteiger charge is 2.23. The van der Waals surface area contributed by atoms with Gasteiger partial charge in [-0.3, -0.25) is 10.1 Å². The van der Waals surface area contributed by atoms with Gasteiger partial charge in [-0.05, 0) is 45.2 Å². The molecule has 0 radical (unpaired) electrons. The quantitative estimate of drug-likeness (QED) is 0.462. The van der Waals surface area contributed by atoms with Crippen LogP contribution in [0.15, 0.2) is 47.4 Å². The summed E-state index contributed by atoms with van der Waals surface area (Å²) in [5.74, 6) is 0.741. The molecule has 0 aliphatic carbocycles. The number of hydrogen-bond acceptors (Lipinski definition) is 6. The Labute approximate surface area is 162 Å². The molecule has 3 aromatic rings. The highest BCUT2D eigenvalue weighted by molar-refractivity contribution is 7.89. The summed E-state index contributed by atoms with van der Waals surface area (Å²) in [5, 5.41) is 14.6. The number of sulfonamides is 1. The minimum Gasteiger partial charge on any atom is -0.370 e. The van der Waals surface area contributed by atoms with Crippen molar-refractivity contribution in [1.29, 1.82) is 0 Å². The normalized spacial score (nSPS) is 12.8. The summed E-state index contributed by atoms with van der Waals surface area (Å²) < 4.78 is 28.1. The van der Waals surface area contributed by atoms with Gasteiger partial charge < -0.3 is 9.88 Å². The molecule has 0 saturated heterocycles. The number of fused-ring (bicyclic) bond motifs is 1. The van der Waals surface area contributed by atoms with Crippen LogP contribution in [0.4, 0.5) is 11.4 Å². The van der Waals surface area contributed by atoms with Gasteiger partial charge in [0.1, 0.15) is 11.5 Å². The molecule has 0 bridgehead atoms. The van der Waals surface area contributed by atoms with Crippen LogP contribution >= 0.6 is 0 Å². The number of nitro benzene ring substituents is 1. The Kier molecular flexibility index (Phi) is 5.34. The fraction of sp³-hybridized carbons (Fsp3) is 0.278. The third kappa shape index (κ3) is 3.56. The number of rotatable bonds is 7. The topological polar surface area (TPSA) is 119 Å². The molecule has 0 amide bonds. The van der Waals surface area contributed by atoms with E-state index in [2.05, 4.69) is 15.0 Å². The number of imidazole rings is 1. The summed E-state index contributed by atoms with van der Waals surface area (Å²) in [7, 11) is -2.52. The second-order valence-electron chi connectivity index (χ2n) is 6.21. The first kappa shape index (κ1) is 19.8. The first-order valence-electron chi connectivity index (χ1n) is 8.72. The van der Waals surface area contributed by atoms with Gasteiger partial charge in [-0.1, -0.05) is 12.1 Å². The Morgan fingerprint density at radius 2 is 1.96 bits per heavy atom. The SMILES string of the molecule is CCn1c(C(C)Nc2ccc(S(=O)(=O)NC)cc2[N+](=O)[O-])nc2ccccc21. The molecule has 3 rings (SSSR count). The molecule has 0 saturated carbocycles. The van der Waals surface area contributed by atoms with Crippen molar-refractivity contribution < 1.29 is 13.3 Å². The van der Waals surface area contributed by atoms with Gasteiger partial charge in [0.2, 0.25) is 10.0 Å². The lowest BCUT2D eigenvalue weighted by Gasteiger charge is -2.17. The first-order chi connectivity index (χ1) is 13.3. The number of nitrogens with one attached hydrogen (secondary N) is 2. The molecule has 0 aliphatic rings. The van der Waals surface area contributed by atoms with Crippen molar-refractivity contribution in [3.05, 3.63) is 58.4 Å². The molecule has 0 fully saturated rings. The number of para-hydroxylation sites is 2. The van der Waals surface area contributed by atoms with Crippen molar-refractivity contribution in [2.24, 2.45) is 0 Å². The maximum atomic E-state index is 11.9. The molecule has 2 N–H and O–H groups in total. The number of aryl methyl sites for hydroxylation is 1. The van der Waals surface area contributed by atoms with Gasteiger partial charge >= 0.3 is 0 Å². The number of aromatic nitrogens is 2. The Balaban J connectivity index is 2.01. The molecule has 0 spiro atoms. The van der Waals surface area contributed by atoms with E-state index in [1.165, 1.54) is 19.2 Å². The minimum absolute atomic E-state index is 0.166. The molecular formula is C18H21N5O4S. The summed E-state index contributed by atoms with van der Waals surface area (Å²) in [6.45, 7) is 4.56. The number of nitrogens with zero attached hydrogens (tertiary/aromatic N) is 3. The zero-order valence-electron chi connectivity index (χ0n) is 15.7. The maximum absolute atomic E-state index is 11.9. The van der Waals surface area contributed by atoms with Gasteiger partial charge in [0, 0.05) is 12.6 Å². The Morgan fingerprint density at radius 3 is 2.61 bits per heavy atom. The summed E-state index contributed by atoms with van der Waals surface area (Å²) in [5.41, 5.74) is 1.74. The molecule has 1 atom stereocenters. The molecule has 1 unspecified atom stereocenters. The van der Waals surface area contributed by atoms with Crippen molar-refractivity contribution in [3.63, 3.8) is 0 Å². The number of benzene rings is 2. The molecule has 148 valence electrons. The van der Waals surface area contributed by atoms with E-state index in [1.54, 1.807) is 0 Å². The fourth-order valence-electron chi connectivity index (χ4n) is 3.12. The van der Waals surface area contributed by atoms with Gasteiger partial charge in [-0.2, -0.15) is 0 Å². The van der Waals surface area contributed by atoms with Gasteiger partial charge in [0.15, 0.2) is 0 Å². The van der Waals surface area contributed by atoms with Gasteiger partial charge in [0.25, 0.3) is 5.69 Å². The van der Waals surface area contributed by atoms with Crippen LogP contribution in [-0.2, 0) is 16.6 Å². The largest absolute Gasteiger partial charge is 0.370 e. The van der Waals surface area contributed by atoms with Crippen LogP contribution in [0.25, 0.3) is 11.0 Å². The average Bonchev–Trinajstić information content (AvgIpc) is 3.06. The number of hydrogen-bond donors (Lipinski definition) is 2. The van der Waals surface area contributed by atoms with Crippen LogP contribution < -0.4 is 10.0 Å². The Morgan fingerprint density at radius 1 is 1.25 bits per heavy atom. The van der Waals surface area contributed by atoms with Gasteiger partial charge in [-0.15, -0.1) is 0 Å².